The Morgan fingerprint density at radius 3 is 2.72 bits per heavy atom. The number of rotatable bonds is 9. The van der Waals surface area contributed by atoms with Crippen LogP contribution in [0.5, 0.6) is 5.88 Å². The number of carbonyl (C=O) groups excluding carboxylic acids is 2. The molecule has 3 heterocycles. The molecule has 0 spiro atoms. The Morgan fingerprint density at radius 2 is 1.97 bits per heavy atom. The quantitative estimate of drug-likeness (QED) is 0.435. The monoisotopic (exact) mass is 532 g/mol. The van der Waals surface area contributed by atoms with E-state index in [1.54, 1.807) is 17.2 Å². The van der Waals surface area contributed by atoms with Crippen molar-refractivity contribution in [3.05, 3.63) is 47.2 Å². The van der Waals surface area contributed by atoms with Gasteiger partial charge < -0.3 is 24.2 Å². The minimum Gasteiger partial charge on any atom is -0.477 e. The van der Waals surface area contributed by atoms with Crippen molar-refractivity contribution in [2.75, 3.05) is 32.8 Å². The van der Waals surface area contributed by atoms with Crippen LogP contribution >= 0.6 is 0 Å². The molecule has 1 N–H and O–H groups in total. The van der Waals surface area contributed by atoms with Crippen molar-refractivity contribution in [2.24, 2.45) is 5.92 Å². The van der Waals surface area contributed by atoms with Gasteiger partial charge in [-0.05, 0) is 48.4 Å². The van der Waals surface area contributed by atoms with Crippen molar-refractivity contribution in [3.8, 4) is 34.8 Å². The van der Waals surface area contributed by atoms with Gasteiger partial charge in [0.1, 0.15) is 18.2 Å². The van der Waals surface area contributed by atoms with E-state index in [1.165, 1.54) is 0 Å². The second-order valence-electron chi connectivity index (χ2n) is 9.67. The molecule has 0 atom stereocenters. The highest BCUT2D eigenvalue weighted by molar-refractivity contribution is 5.82. The zero-order valence-electron chi connectivity index (χ0n) is 22.4. The third-order valence-electron chi connectivity index (χ3n) is 6.14. The number of amides is 2. The summed E-state index contributed by atoms with van der Waals surface area (Å²) < 4.78 is 16.1. The molecule has 4 rings (SSSR count). The van der Waals surface area contributed by atoms with Crippen molar-refractivity contribution in [3.63, 3.8) is 0 Å². The molecular formula is C28H32N6O5. The van der Waals surface area contributed by atoms with Crippen LogP contribution in [0.3, 0.4) is 0 Å². The number of fused-ring (bicyclic) bond motifs is 1. The van der Waals surface area contributed by atoms with Gasteiger partial charge in [0.05, 0.1) is 18.8 Å². The van der Waals surface area contributed by atoms with Crippen LogP contribution in [-0.2, 0) is 22.4 Å². The number of nitrogens with zero attached hydrogens (tertiary/aromatic N) is 5. The highest BCUT2D eigenvalue weighted by Gasteiger charge is 2.21. The molecule has 3 aromatic rings. The summed E-state index contributed by atoms with van der Waals surface area (Å²) in [5.74, 6) is 1.03. The zero-order chi connectivity index (χ0) is 27.8. The molecule has 11 heteroatoms. The van der Waals surface area contributed by atoms with E-state index in [0.717, 1.165) is 23.1 Å². The number of pyridine rings is 1. The number of nitriles is 1. The largest absolute Gasteiger partial charge is 0.477 e. The molecule has 0 aliphatic carbocycles. The number of alkyl carbamates (subject to hydrolysis) is 1. The Hall–Kier alpha value is -4.46. The second kappa shape index (κ2) is 12.9. The average molecular weight is 533 g/mol. The van der Waals surface area contributed by atoms with Crippen molar-refractivity contribution >= 4 is 12.0 Å². The van der Waals surface area contributed by atoms with E-state index in [0.29, 0.717) is 56.1 Å². The molecule has 204 valence electrons. The van der Waals surface area contributed by atoms with Crippen molar-refractivity contribution in [2.45, 2.75) is 40.0 Å². The molecule has 2 aromatic heterocycles. The minimum absolute atomic E-state index is 0.0990. The maximum atomic E-state index is 12.7. The minimum atomic E-state index is -0.584. The number of hydrogen-bond acceptors (Lipinski definition) is 9. The van der Waals surface area contributed by atoms with E-state index in [9.17, 15) is 14.9 Å². The fourth-order valence-electron chi connectivity index (χ4n) is 4.09. The van der Waals surface area contributed by atoms with Gasteiger partial charge in [-0.3, -0.25) is 4.79 Å². The number of aromatic nitrogens is 3. The first-order valence-corrected chi connectivity index (χ1v) is 13.1. The van der Waals surface area contributed by atoms with E-state index in [4.69, 9.17) is 14.0 Å². The molecule has 2 amide bonds. The van der Waals surface area contributed by atoms with Gasteiger partial charge in [-0.25, -0.2) is 9.78 Å². The molecule has 0 bridgehead atoms. The predicted octanol–water partition coefficient (Wildman–Crippen LogP) is 3.77. The van der Waals surface area contributed by atoms with Crippen LogP contribution in [0.4, 0.5) is 4.79 Å². The summed E-state index contributed by atoms with van der Waals surface area (Å²) in [6.45, 7) is 7.64. The molecule has 1 aliphatic heterocycles. The van der Waals surface area contributed by atoms with Gasteiger partial charge in [-0.1, -0.05) is 38.1 Å². The molecule has 0 unspecified atom stereocenters. The van der Waals surface area contributed by atoms with E-state index in [1.807, 2.05) is 39.0 Å². The lowest BCUT2D eigenvalue weighted by atomic mass is 10.00. The molecule has 0 saturated carbocycles. The molecule has 0 saturated heterocycles. The molecule has 11 nitrogen and oxygen atoms in total. The molecular weight excluding hydrogens is 500 g/mol. The summed E-state index contributed by atoms with van der Waals surface area (Å²) in [6, 6.07) is 9.68. The smallest absolute Gasteiger partial charge is 0.407 e. The summed E-state index contributed by atoms with van der Waals surface area (Å²) in [4.78, 5) is 35.0. The summed E-state index contributed by atoms with van der Waals surface area (Å²) in [5, 5.41) is 16.1. The predicted molar refractivity (Wildman–Crippen MR) is 142 cm³/mol. The number of ether oxygens (including phenoxy) is 2. The first-order valence-electron chi connectivity index (χ1n) is 13.1. The van der Waals surface area contributed by atoms with Gasteiger partial charge in [0.15, 0.2) is 0 Å². The van der Waals surface area contributed by atoms with Crippen LogP contribution in [0, 0.1) is 17.2 Å². The summed E-state index contributed by atoms with van der Waals surface area (Å²) in [7, 11) is 0. The van der Waals surface area contributed by atoms with Gasteiger partial charge in [0.2, 0.25) is 17.6 Å². The van der Waals surface area contributed by atoms with Gasteiger partial charge >= 0.3 is 6.09 Å². The first-order chi connectivity index (χ1) is 18.9. The lowest BCUT2D eigenvalue weighted by Gasteiger charge is -2.20. The van der Waals surface area contributed by atoms with E-state index < -0.39 is 6.09 Å². The third kappa shape index (κ3) is 7.10. The fourth-order valence-corrected chi connectivity index (χ4v) is 4.09. The number of hydrogen-bond donors (Lipinski definition) is 1. The molecule has 1 aromatic carbocycles. The first kappa shape index (κ1) is 27.6. The van der Waals surface area contributed by atoms with Crippen LogP contribution in [0.2, 0.25) is 0 Å². The highest BCUT2D eigenvalue weighted by Crippen LogP contribution is 2.27. The van der Waals surface area contributed by atoms with Crippen molar-refractivity contribution < 1.29 is 23.6 Å². The summed E-state index contributed by atoms with van der Waals surface area (Å²) in [5.41, 5.74) is 3.86. The summed E-state index contributed by atoms with van der Waals surface area (Å²) in [6.07, 6.45) is 3.13. The topological polar surface area (TPSA) is 143 Å². The summed E-state index contributed by atoms with van der Waals surface area (Å²) >= 11 is 0. The Bertz CT molecular complexity index is 1360. The third-order valence-corrected chi connectivity index (χ3v) is 6.14. The highest BCUT2D eigenvalue weighted by atomic mass is 16.5. The van der Waals surface area contributed by atoms with Gasteiger partial charge in [-0.15, -0.1) is 0 Å². The van der Waals surface area contributed by atoms with Gasteiger partial charge in [0, 0.05) is 24.8 Å². The SMILES string of the molecule is CCCOc1ncc(-c2nc(-c3ccc4c(c3)CCN(C(=O)CNC(=O)OCC(C)C)CC4)no2)cc1C#N. The Balaban J connectivity index is 1.40. The average Bonchev–Trinajstić information content (AvgIpc) is 3.34. The van der Waals surface area contributed by atoms with Crippen LogP contribution < -0.4 is 10.1 Å². The van der Waals surface area contributed by atoms with Crippen LogP contribution in [0.15, 0.2) is 35.0 Å². The normalized spacial score (nSPS) is 12.8. The molecule has 0 radical (unpaired) electrons. The lowest BCUT2D eigenvalue weighted by Crippen LogP contribution is -2.41. The Labute approximate surface area is 227 Å². The Morgan fingerprint density at radius 1 is 1.18 bits per heavy atom. The fraction of sp³-hybridized carbons (Fsp3) is 0.429. The van der Waals surface area contributed by atoms with Gasteiger partial charge in [0.25, 0.3) is 5.89 Å². The maximum absolute atomic E-state index is 12.7. The standard InChI is InChI=1S/C28H32N6O5/c1-4-11-37-26-22(14-29)13-23(15-30-26)27-32-25(33-39-27)21-6-5-19-7-9-34(10-8-20(19)12-21)24(35)16-31-28(36)38-17-18(2)3/h5-6,12-13,15,18H,4,7-11,16-17H2,1-3H3,(H,31,36). The molecule has 39 heavy (non-hydrogen) atoms. The van der Waals surface area contributed by atoms with E-state index >= 15 is 0 Å². The zero-order valence-corrected chi connectivity index (χ0v) is 22.4. The van der Waals surface area contributed by atoms with E-state index in [-0.39, 0.29) is 30.1 Å². The maximum Gasteiger partial charge on any atom is 0.407 e. The van der Waals surface area contributed by atoms with Crippen molar-refractivity contribution in [1.29, 1.82) is 5.26 Å². The lowest BCUT2D eigenvalue weighted by molar-refractivity contribution is -0.130. The Kier molecular flexibility index (Phi) is 9.10. The van der Waals surface area contributed by atoms with E-state index in [2.05, 4.69) is 26.5 Å². The van der Waals surface area contributed by atoms with Crippen molar-refractivity contribution in [1.82, 2.24) is 25.3 Å². The number of carbonyl (C=O) groups is 2. The van der Waals surface area contributed by atoms with Crippen LogP contribution in [0.1, 0.15) is 43.9 Å². The van der Waals surface area contributed by atoms with Gasteiger partial charge in [-0.2, -0.15) is 10.2 Å². The number of nitrogens with one attached hydrogen (secondary N) is 1. The number of benzene rings is 1. The molecule has 0 fully saturated rings. The second-order valence-corrected chi connectivity index (χ2v) is 9.67. The molecule has 1 aliphatic rings. The van der Waals surface area contributed by atoms with Crippen LogP contribution in [0.25, 0.3) is 22.8 Å². The van der Waals surface area contributed by atoms with Crippen LogP contribution in [-0.4, -0.2) is 64.9 Å².